The number of carbonyl (C=O) groups excluding carboxylic acids is 1. The number of esters is 1. The van der Waals surface area contributed by atoms with Crippen LogP contribution < -0.4 is 11.5 Å². The fraction of sp³-hybridized carbons (Fsp3) is 0.889. The van der Waals surface area contributed by atoms with Gasteiger partial charge in [0.15, 0.2) is 0 Å². The molecule has 0 amide bonds. The van der Waals surface area contributed by atoms with Crippen LogP contribution in [0.1, 0.15) is 32.1 Å². The lowest BCUT2D eigenvalue weighted by molar-refractivity contribution is -0.153. The minimum atomic E-state index is -1.56. The molecular formula is C9H17ClN2O2. The summed E-state index contributed by atoms with van der Waals surface area (Å²) in [5.41, 5.74) is 10.7. The van der Waals surface area contributed by atoms with E-state index in [0.29, 0.717) is 0 Å². The number of halogens is 1. The number of ether oxygens (including phenoxy) is 1. The first kappa shape index (κ1) is 11.8. The van der Waals surface area contributed by atoms with Gasteiger partial charge < -0.3 is 16.2 Å². The van der Waals surface area contributed by atoms with Gasteiger partial charge in [-0.3, -0.25) is 0 Å². The average Bonchev–Trinajstić information content (AvgIpc) is 2.19. The van der Waals surface area contributed by atoms with Crippen LogP contribution in [0.3, 0.4) is 0 Å². The summed E-state index contributed by atoms with van der Waals surface area (Å²) in [5.74, 6) is -0.603. The van der Waals surface area contributed by atoms with Crippen molar-refractivity contribution in [1.82, 2.24) is 0 Å². The van der Waals surface area contributed by atoms with Crippen molar-refractivity contribution in [1.29, 1.82) is 0 Å². The molecular weight excluding hydrogens is 204 g/mol. The summed E-state index contributed by atoms with van der Waals surface area (Å²) in [7, 11) is 0. The Morgan fingerprint density at radius 1 is 1.43 bits per heavy atom. The predicted molar refractivity (Wildman–Crippen MR) is 54.8 cm³/mol. The van der Waals surface area contributed by atoms with Gasteiger partial charge in [-0.1, -0.05) is 18.0 Å². The van der Waals surface area contributed by atoms with Gasteiger partial charge in [-0.25, -0.2) is 4.79 Å². The highest BCUT2D eigenvalue weighted by Gasteiger charge is 2.33. The highest BCUT2D eigenvalue weighted by atomic mass is 35.5. The Morgan fingerprint density at radius 2 is 2.00 bits per heavy atom. The van der Waals surface area contributed by atoms with E-state index >= 15 is 0 Å². The van der Waals surface area contributed by atoms with E-state index in [0.717, 1.165) is 25.7 Å². The maximum absolute atomic E-state index is 11.4. The highest BCUT2D eigenvalue weighted by molar-refractivity contribution is 6.33. The molecule has 4 nitrogen and oxygen atoms in total. The molecule has 0 aromatic carbocycles. The molecule has 0 heterocycles. The summed E-state index contributed by atoms with van der Waals surface area (Å²) in [6, 6.07) is 0. The summed E-state index contributed by atoms with van der Waals surface area (Å²) in [6.45, 7) is -0.111. The minimum Gasteiger partial charge on any atom is -0.460 e. The normalized spacial score (nSPS) is 22.8. The van der Waals surface area contributed by atoms with Gasteiger partial charge in [0.2, 0.25) is 5.00 Å². The van der Waals surface area contributed by atoms with E-state index in [9.17, 15) is 4.79 Å². The first-order chi connectivity index (χ1) is 6.56. The smallest absolute Gasteiger partial charge is 0.343 e. The van der Waals surface area contributed by atoms with Crippen molar-refractivity contribution in [2.24, 2.45) is 11.5 Å². The summed E-state index contributed by atoms with van der Waals surface area (Å²) in [4.78, 5) is 9.85. The van der Waals surface area contributed by atoms with E-state index < -0.39 is 11.0 Å². The number of alkyl halides is 1. The number of hydrogen-bond donors (Lipinski definition) is 2. The zero-order valence-electron chi connectivity index (χ0n) is 8.17. The molecule has 1 aliphatic rings. The van der Waals surface area contributed by atoms with Crippen LogP contribution >= 0.6 is 11.6 Å². The van der Waals surface area contributed by atoms with Crippen LogP contribution in [0.2, 0.25) is 0 Å². The first-order valence-corrected chi connectivity index (χ1v) is 5.33. The maximum Gasteiger partial charge on any atom is 0.343 e. The minimum absolute atomic E-state index is 0.0236. The lowest BCUT2D eigenvalue weighted by atomic mass is 9.98. The molecule has 0 aromatic heterocycles. The molecule has 1 saturated carbocycles. The molecule has 1 aliphatic carbocycles. The van der Waals surface area contributed by atoms with Gasteiger partial charge in [0.05, 0.1) is 0 Å². The summed E-state index contributed by atoms with van der Waals surface area (Å²) in [5, 5.41) is 0. The molecule has 5 heteroatoms. The van der Waals surface area contributed by atoms with Gasteiger partial charge in [-0.2, -0.15) is 0 Å². The Morgan fingerprint density at radius 3 is 2.50 bits per heavy atom. The molecule has 0 spiro atoms. The lowest BCUT2D eigenvalue weighted by Gasteiger charge is -2.25. The van der Waals surface area contributed by atoms with E-state index in [-0.39, 0.29) is 12.6 Å². The largest absolute Gasteiger partial charge is 0.460 e. The van der Waals surface area contributed by atoms with Crippen LogP contribution in [0.15, 0.2) is 0 Å². The zero-order valence-corrected chi connectivity index (χ0v) is 8.93. The van der Waals surface area contributed by atoms with E-state index in [2.05, 4.69) is 0 Å². The van der Waals surface area contributed by atoms with Gasteiger partial charge in [0.1, 0.15) is 6.10 Å². The third-order valence-corrected chi connectivity index (χ3v) is 2.77. The highest BCUT2D eigenvalue weighted by Crippen LogP contribution is 2.22. The van der Waals surface area contributed by atoms with Crippen LogP contribution in [-0.4, -0.2) is 23.6 Å². The van der Waals surface area contributed by atoms with Gasteiger partial charge >= 0.3 is 5.97 Å². The van der Waals surface area contributed by atoms with Gasteiger partial charge in [0.25, 0.3) is 0 Å². The van der Waals surface area contributed by atoms with E-state index in [1.807, 2.05) is 0 Å². The van der Waals surface area contributed by atoms with Crippen LogP contribution in [0.25, 0.3) is 0 Å². The number of rotatable bonds is 3. The molecule has 0 radical (unpaired) electrons. The average molecular weight is 221 g/mol. The Kier molecular flexibility index (Phi) is 4.16. The third-order valence-electron chi connectivity index (χ3n) is 2.46. The SMILES string of the molecule is NCC(N)(Cl)C(=O)OC1CCCCC1. The molecule has 1 unspecified atom stereocenters. The molecule has 82 valence electrons. The van der Waals surface area contributed by atoms with Gasteiger partial charge in [-0.15, -0.1) is 0 Å². The Hall–Kier alpha value is -0.320. The summed E-state index contributed by atoms with van der Waals surface area (Å²) < 4.78 is 5.17. The molecule has 1 fully saturated rings. The monoisotopic (exact) mass is 220 g/mol. The molecule has 0 bridgehead atoms. The molecule has 4 N–H and O–H groups in total. The quantitative estimate of drug-likeness (QED) is 0.417. The van der Waals surface area contributed by atoms with Gasteiger partial charge in [0, 0.05) is 6.54 Å². The van der Waals surface area contributed by atoms with Crippen molar-refractivity contribution in [3.05, 3.63) is 0 Å². The van der Waals surface area contributed by atoms with Crippen molar-refractivity contribution in [2.75, 3.05) is 6.54 Å². The molecule has 1 atom stereocenters. The van der Waals surface area contributed by atoms with Crippen molar-refractivity contribution in [3.8, 4) is 0 Å². The number of carbonyl (C=O) groups is 1. The summed E-state index contributed by atoms with van der Waals surface area (Å²) in [6.07, 6.45) is 5.19. The van der Waals surface area contributed by atoms with Crippen molar-refractivity contribution < 1.29 is 9.53 Å². The second-order valence-electron chi connectivity index (χ2n) is 3.73. The van der Waals surface area contributed by atoms with Crippen molar-refractivity contribution in [3.63, 3.8) is 0 Å². The molecule has 1 rings (SSSR count). The number of hydrogen-bond acceptors (Lipinski definition) is 4. The van der Waals surface area contributed by atoms with Crippen molar-refractivity contribution in [2.45, 2.75) is 43.2 Å². The Bertz CT molecular complexity index is 203. The van der Waals surface area contributed by atoms with Crippen LogP contribution in [0, 0.1) is 0 Å². The molecule has 0 aliphatic heterocycles. The number of nitrogens with two attached hydrogens (primary N) is 2. The van der Waals surface area contributed by atoms with Crippen LogP contribution in [-0.2, 0) is 9.53 Å². The van der Waals surface area contributed by atoms with E-state index in [1.54, 1.807) is 0 Å². The van der Waals surface area contributed by atoms with E-state index in [4.69, 9.17) is 27.8 Å². The fourth-order valence-corrected chi connectivity index (χ4v) is 1.56. The van der Waals surface area contributed by atoms with Gasteiger partial charge in [-0.05, 0) is 25.7 Å². The maximum atomic E-state index is 11.4. The molecule has 0 saturated heterocycles. The predicted octanol–water partition coefficient (Wildman–Crippen LogP) is 0.715. The van der Waals surface area contributed by atoms with Crippen LogP contribution in [0.4, 0.5) is 0 Å². The zero-order chi connectivity index (χ0) is 10.6. The van der Waals surface area contributed by atoms with Crippen molar-refractivity contribution >= 4 is 17.6 Å². The Labute approximate surface area is 88.9 Å². The summed E-state index contributed by atoms with van der Waals surface area (Å²) >= 11 is 5.67. The standard InChI is InChI=1S/C9H17ClN2O2/c10-9(12,6-11)8(13)14-7-4-2-1-3-5-7/h7H,1-6,11-12H2. The first-order valence-electron chi connectivity index (χ1n) is 4.95. The molecule has 0 aromatic rings. The lowest BCUT2D eigenvalue weighted by Crippen LogP contribution is -2.50. The van der Waals surface area contributed by atoms with Crippen LogP contribution in [0.5, 0.6) is 0 Å². The Balaban J connectivity index is 2.39. The fourth-order valence-electron chi connectivity index (χ4n) is 1.52. The van der Waals surface area contributed by atoms with E-state index in [1.165, 1.54) is 6.42 Å². The molecule has 14 heavy (non-hydrogen) atoms. The topological polar surface area (TPSA) is 78.3 Å². The second kappa shape index (κ2) is 4.96. The second-order valence-corrected chi connectivity index (χ2v) is 4.41. The third kappa shape index (κ3) is 3.12.